The highest BCUT2D eigenvalue weighted by molar-refractivity contribution is 5.99. The molecule has 5 rings (SSSR count). The number of alkyl halides is 3. The lowest BCUT2D eigenvalue weighted by atomic mass is 10.0. The van der Waals surface area contributed by atoms with Crippen molar-refractivity contribution >= 4 is 34.1 Å². The minimum Gasteiger partial charge on any atom is -0.378 e. The Kier molecular flexibility index (Phi) is 6.38. The molecule has 1 amide bonds. The van der Waals surface area contributed by atoms with Crippen LogP contribution in [0, 0.1) is 6.92 Å². The number of aryl methyl sites for hydroxylation is 1. The highest BCUT2D eigenvalue weighted by Crippen LogP contribution is 2.35. The number of nitrogens with zero attached hydrogens (tertiary/aromatic N) is 4. The van der Waals surface area contributed by atoms with E-state index < -0.39 is 23.8 Å². The first kappa shape index (κ1) is 24.8. The van der Waals surface area contributed by atoms with Gasteiger partial charge in [-0.15, -0.1) is 0 Å². The van der Waals surface area contributed by atoms with E-state index in [9.17, 15) is 18.0 Å². The van der Waals surface area contributed by atoms with E-state index >= 15 is 0 Å². The van der Waals surface area contributed by atoms with Crippen molar-refractivity contribution in [3.63, 3.8) is 0 Å². The zero-order valence-corrected chi connectivity index (χ0v) is 20.1. The van der Waals surface area contributed by atoms with E-state index in [2.05, 4.69) is 10.3 Å². The van der Waals surface area contributed by atoms with Gasteiger partial charge in [-0.05, 0) is 37.6 Å². The van der Waals surface area contributed by atoms with E-state index in [0.717, 1.165) is 17.3 Å². The first-order valence-electron chi connectivity index (χ1n) is 11.7. The number of carbonyl (C=O) groups is 1. The Labute approximate surface area is 209 Å². The summed E-state index contributed by atoms with van der Waals surface area (Å²) in [6.07, 6.45) is -3.63. The lowest BCUT2D eigenvalue weighted by Gasteiger charge is -2.29. The van der Waals surface area contributed by atoms with E-state index in [4.69, 9.17) is 14.9 Å². The standard InChI is InChI=1S/C25H25F3N6O3/c1-14-11-17(15(2)29-19-6-4-3-5-16(19)23(35)32-36)21-18(12-14)22-30-20(25(26,27)28)13-34(22)24(31-21)33-7-9-37-10-8-33/h3-6,11-13,15,29,36H,7-10H2,1-2H3,(H,32,35). The molecule has 1 atom stereocenters. The normalized spacial score (nSPS) is 15.2. The van der Waals surface area contributed by atoms with Crippen molar-refractivity contribution in [3.8, 4) is 0 Å². The number of ether oxygens (including phenoxy) is 1. The number of rotatable bonds is 5. The number of para-hydroxylation sites is 1. The molecular formula is C25H25F3N6O3. The Morgan fingerprint density at radius 3 is 2.59 bits per heavy atom. The number of amides is 1. The number of hydrogen-bond donors (Lipinski definition) is 3. The first-order chi connectivity index (χ1) is 17.7. The van der Waals surface area contributed by atoms with Crippen LogP contribution in [0.5, 0.6) is 0 Å². The Morgan fingerprint density at radius 2 is 1.89 bits per heavy atom. The molecule has 0 saturated carbocycles. The zero-order chi connectivity index (χ0) is 26.3. The molecule has 0 aliphatic carbocycles. The van der Waals surface area contributed by atoms with E-state index in [1.807, 2.05) is 24.8 Å². The fourth-order valence-electron chi connectivity index (χ4n) is 4.61. The van der Waals surface area contributed by atoms with Gasteiger partial charge in [-0.1, -0.05) is 18.2 Å². The summed E-state index contributed by atoms with van der Waals surface area (Å²) in [7, 11) is 0. The molecule has 4 aromatic rings. The Balaban J connectivity index is 1.70. The van der Waals surface area contributed by atoms with Gasteiger partial charge in [0.15, 0.2) is 5.69 Å². The van der Waals surface area contributed by atoms with Crippen LogP contribution in [0.2, 0.25) is 0 Å². The van der Waals surface area contributed by atoms with E-state index in [1.165, 1.54) is 4.40 Å². The minimum atomic E-state index is -4.61. The van der Waals surface area contributed by atoms with Crippen LogP contribution in [0.4, 0.5) is 24.8 Å². The fraction of sp³-hybridized carbons (Fsp3) is 0.320. The minimum absolute atomic E-state index is 0.163. The van der Waals surface area contributed by atoms with Gasteiger partial charge < -0.3 is 15.0 Å². The number of aromatic nitrogens is 3. The number of fused-ring (bicyclic) bond motifs is 3. The summed E-state index contributed by atoms with van der Waals surface area (Å²) >= 11 is 0. The molecule has 12 heteroatoms. The second-order valence-electron chi connectivity index (χ2n) is 8.93. The van der Waals surface area contributed by atoms with Crippen molar-refractivity contribution in [1.29, 1.82) is 0 Å². The molecular weight excluding hydrogens is 489 g/mol. The van der Waals surface area contributed by atoms with Crippen LogP contribution < -0.4 is 15.7 Å². The average Bonchev–Trinajstić information content (AvgIpc) is 3.35. The highest BCUT2D eigenvalue weighted by Gasteiger charge is 2.35. The van der Waals surface area contributed by atoms with Gasteiger partial charge in [0.25, 0.3) is 5.91 Å². The second-order valence-corrected chi connectivity index (χ2v) is 8.93. The van der Waals surface area contributed by atoms with E-state index in [1.54, 1.807) is 35.8 Å². The molecule has 3 N–H and O–H groups in total. The third-order valence-corrected chi connectivity index (χ3v) is 6.35. The third-order valence-electron chi connectivity index (χ3n) is 6.35. The van der Waals surface area contributed by atoms with E-state index in [-0.39, 0.29) is 11.2 Å². The number of halogens is 3. The molecule has 1 unspecified atom stereocenters. The molecule has 1 aliphatic heterocycles. The maximum Gasteiger partial charge on any atom is 0.434 e. The van der Waals surface area contributed by atoms with Crippen LogP contribution in [-0.2, 0) is 10.9 Å². The van der Waals surface area contributed by atoms with Gasteiger partial charge in [-0.2, -0.15) is 13.2 Å². The quantitative estimate of drug-likeness (QED) is 0.269. The van der Waals surface area contributed by atoms with Gasteiger partial charge in [-0.3, -0.25) is 14.4 Å². The highest BCUT2D eigenvalue weighted by atomic mass is 19.4. The molecule has 1 fully saturated rings. The maximum atomic E-state index is 13.7. The molecule has 9 nitrogen and oxygen atoms in total. The van der Waals surface area contributed by atoms with Crippen molar-refractivity contribution in [3.05, 3.63) is 65.0 Å². The smallest absolute Gasteiger partial charge is 0.378 e. The summed E-state index contributed by atoms with van der Waals surface area (Å²) in [5, 5.41) is 12.9. The lowest BCUT2D eigenvalue weighted by molar-refractivity contribution is -0.140. The summed E-state index contributed by atoms with van der Waals surface area (Å²) in [5.41, 5.74) is 3.57. The van der Waals surface area contributed by atoms with Crippen molar-refractivity contribution in [2.45, 2.75) is 26.1 Å². The molecule has 37 heavy (non-hydrogen) atoms. The van der Waals surface area contributed by atoms with Gasteiger partial charge in [0, 0.05) is 35.9 Å². The van der Waals surface area contributed by atoms with Crippen molar-refractivity contribution in [2.75, 3.05) is 36.5 Å². The summed E-state index contributed by atoms with van der Waals surface area (Å²) in [4.78, 5) is 22.9. The van der Waals surface area contributed by atoms with Crippen LogP contribution in [-0.4, -0.2) is 51.8 Å². The van der Waals surface area contributed by atoms with Gasteiger partial charge in [0.05, 0.1) is 30.3 Å². The zero-order valence-electron chi connectivity index (χ0n) is 20.1. The fourth-order valence-corrected chi connectivity index (χ4v) is 4.61. The second kappa shape index (κ2) is 9.52. The largest absolute Gasteiger partial charge is 0.434 e. The molecule has 0 radical (unpaired) electrons. The van der Waals surface area contributed by atoms with E-state index in [0.29, 0.717) is 48.8 Å². The van der Waals surface area contributed by atoms with Crippen molar-refractivity contribution in [2.24, 2.45) is 0 Å². The number of hydroxylamine groups is 1. The van der Waals surface area contributed by atoms with Gasteiger partial charge in [0.1, 0.15) is 5.65 Å². The van der Waals surface area contributed by atoms with Crippen LogP contribution in [0.3, 0.4) is 0 Å². The molecule has 3 heterocycles. The predicted octanol–water partition coefficient (Wildman–Crippen LogP) is 4.34. The Hall–Kier alpha value is -3.90. The molecule has 1 aliphatic rings. The molecule has 0 bridgehead atoms. The van der Waals surface area contributed by atoms with Crippen molar-refractivity contribution in [1.82, 2.24) is 19.8 Å². The molecule has 0 spiro atoms. The number of hydrogen-bond acceptors (Lipinski definition) is 7. The maximum absolute atomic E-state index is 13.7. The van der Waals surface area contributed by atoms with Gasteiger partial charge >= 0.3 is 6.18 Å². The molecule has 194 valence electrons. The first-order valence-corrected chi connectivity index (χ1v) is 11.7. The molecule has 2 aromatic heterocycles. The van der Waals surface area contributed by atoms with Gasteiger partial charge in [-0.25, -0.2) is 15.4 Å². The van der Waals surface area contributed by atoms with Crippen LogP contribution in [0.1, 0.15) is 40.1 Å². The number of anilines is 2. The third kappa shape index (κ3) is 4.65. The Bertz CT molecular complexity index is 1480. The Morgan fingerprint density at radius 1 is 1.16 bits per heavy atom. The molecule has 1 saturated heterocycles. The topological polar surface area (TPSA) is 104 Å². The summed E-state index contributed by atoms with van der Waals surface area (Å²) in [5.74, 6) is -0.318. The number of nitrogens with one attached hydrogen (secondary N) is 2. The predicted molar refractivity (Wildman–Crippen MR) is 131 cm³/mol. The number of carbonyl (C=O) groups excluding carboxylic acids is 1. The summed E-state index contributed by atoms with van der Waals surface area (Å²) in [6.45, 7) is 5.55. The lowest BCUT2D eigenvalue weighted by Crippen LogP contribution is -2.38. The van der Waals surface area contributed by atoms with Crippen LogP contribution in [0.15, 0.2) is 42.6 Å². The van der Waals surface area contributed by atoms with Gasteiger partial charge in [0.2, 0.25) is 5.95 Å². The monoisotopic (exact) mass is 514 g/mol. The number of morpholine rings is 1. The number of imidazole rings is 1. The summed E-state index contributed by atoms with van der Waals surface area (Å²) < 4.78 is 47.8. The van der Waals surface area contributed by atoms with Crippen LogP contribution >= 0.6 is 0 Å². The average molecular weight is 515 g/mol. The molecule has 2 aromatic carbocycles. The van der Waals surface area contributed by atoms with Crippen molar-refractivity contribution < 1.29 is 27.9 Å². The van der Waals surface area contributed by atoms with Crippen LogP contribution in [0.25, 0.3) is 16.6 Å². The summed E-state index contributed by atoms with van der Waals surface area (Å²) in [6, 6.07) is 9.97. The SMILES string of the molecule is Cc1cc(C(C)Nc2ccccc2C(=O)NO)c2nc(N3CCOCC3)n3cc(C(F)(F)F)nc3c2c1. The number of benzene rings is 2.